The number of benzene rings is 1. The van der Waals surface area contributed by atoms with Gasteiger partial charge in [0.25, 0.3) is 0 Å². The zero-order valence-corrected chi connectivity index (χ0v) is 14.6. The SMILES string of the molecule is CCOc1cc(C)ccc1CNC(=O)N1CCN2CCOCC2C1. The van der Waals surface area contributed by atoms with E-state index in [0.717, 1.165) is 56.3 Å². The molecule has 2 saturated heterocycles. The number of rotatable bonds is 4. The van der Waals surface area contributed by atoms with E-state index in [1.165, 1.54) is 0 Å². The summed E-state index contributed by atoms with van der Waals surface area (Å²) in [4.78, 5) is 16.8. The van der Waals surface area contributed by atoms with Crippen molar-refractivity contribution in [2.24, 2.45) is 0 Å². The lowest BCUT2D eigenvalue weighted by Crippen LogP contribution is -2.60. The lowest BCUT2D eigenvalue weighted by molar-refractivity contribution is -0.0365. The van der Waals surface area contributed by atoms with Crippen LogP contribution >= 0.6 is 0 Å². The van der Waals surface area contributed by atoms with E-state index in [9.17, 15) is 4.79 Å². The van der Waals surface area contributed by atoms with E-state index in [1.54, 1.807) is 0 Å². The molecule has 2 aliphatic rings. The van der Waals surface area contributed by atoms with Crippen molar-refractivity contribution in [3.8, 4) is 5.75 Å². The normalized spacial score (nSPS) is 21.2. The van der Waals surface area contributed by atoms with Crippen LogP contribution in [0.15, 0.2) is 18.2 Å². The van der Waals surface area contributed by atoms with Gasteiger partial charge in [0.15, 0.2) is 0 Å². The van der Waals surface area contributed by atoms with Crippen molar-refractivity contribution in [2.45, 2.75) is 26.4 Å². The summed E-state index contributed by atoms with van der Waals surface area (Å²) in [6, 6.07) is 6.40. The maximum Gasteiger partial charge on any atom is 0.317 e. The molecule has 0 saturated carbocycles. The Morgan fingerprint density at radius 3 is 3.08 bits per heavy atom. The highest BCUT2D eigenvalue weighted by Crippen LogP contribution is 2.20. The van der Waals surface area contributed by atoms with Crippen molar-refractivity contribution in [3.05, 3.63) is 29.3 Å². The zero-order valence-electron chi connectivity index (χ0n) is 14.6. The van der Waals surface area contributed by atoms with Crippen molar-refractivity contribution in [1.82, 2.24) is 15.1 Å². The molecule has 1 atom stereocenters. The summed E-state index contributed by atoms with van der Waals surface area (Å²) in [5.74, 6) is 0.850. The van der Waals surface area contributed by atoms with Crippen LogP contribution in [0.25, 0.3) is 0 Å². The monoisotopic (exact) mass is 333 g/mol. The second kappa shape index (κ2) is 7.85. The first-order chi connectivity index (χ1) is 11.7. The number of carbonyl (C=O) groups excluding carboxylic acids is 1. The van der Waals surface area contributed by atoms with Crippen LogP contribution in [-0.2, 0) is 11.3 Å². The fourth-order valence-electron chi connectivity index (χ4n) is 3.31. The third-order valence-electron chi connectivity index (χ3n) is 4.68. The van der Waals surface area contributed by atoms with Crippen LogP contribution < -0.4 is 10.1 Å². The molecule has 132 valence electrons. The third-order valence-corrected chi connectivity index (χ3v) is 4.68. The molecule has 0 aromatic heterocycles. The summed E-state index contributed by atoms with van der Waals surface area (Å²) in [7, 11) is 0. The molecule has 2 aliphatic heterocycles. The van der Waals surface area contributed by atoms with Gasteiger partial charge in [0, 0.05) is 38.3 Å². The minimum Gasteiger partial charge on any atom is -0.494 e. The van der Waals surface area contributed by atoms with Crippen LogP contribution in [-0.4, -0.2) is 67.9 Å². The molecule has 1 unspecified atom stereocenters. The summed E-state index contributed by atoms with van der Waals surface area (Å²) in [6.45, 7) is 10.0. The van der Waals surface area contributed by atoms with E-state index in [1.807, 2.05) is 36.9 Å². The van der Waals surface area contributed by atoms with Crippen LogP contribution in [0.5, 0.6) is 5.75 Å². The van der Waals surface area contributed by atoms with Crippen LogP contribution in [0.2, 0.25) is 0 Å². The van der Waals surface area contributed by atoms with Gasteiger partial charge in [-0.3, -0.25) is 4.90 Å². The summed E-state index contributed by atoms with van der Waals surface area (Å²) in [5.41, 5.74) is 2.16. The number of carbonyl (C=O) groups is 1. The smallest absolute Gasteiger partial charge is 0.317 e. The number of nitrogens with one attached hydrogen (secondary N) is 1. The topological polar surface area (TPSA) is 54.0 Å². The predicted molar refractivity (Wildman–Crippen MR) is 92.3 cm³/mol. The Bertz CT molecular complexity index is 579. The summed E-state index contributed by atoms with van der Waals surface area (Å²) in [5, 5.41) is 3.03. The van der Waals surface area contributed by atoms with E-state index in [-0.39, 0.29) is 6.03 Å². The molecular weight excluding hydrogens is 306 g/mol. The largest absolute Gasteiger partial charge is 0.494 e. The minimum atomic E-state index is -0.0109. The number of hydrogen-bond acceptors (Lipinski definition) is 4. The Labute approximate surface area is 143 Å². The molecule has 2 amide bonds. The minimum absolute atomic E-state index is 0.0109. The van der Waals surface area contributed by atoms with E-state index in [2.05, 4.69) is 10.2 Å². The lowest BCUT2D eigenvalue weighted by Gasteiger charge is -2.43. The molecule has 6 heteroatoms. The molecule has 1 N–H and O–H groups in total. The van der Waals surface area contributed by atoms with Gasteiger partial charge >= 0.3 is 6.03 Å². The number of hydrogen-bond donors (Lipinski definition) is 1. The van der Waals surface area contributed by atoms with Gasteiger partial charge in [-0.2, -0.15) is 0 Å². The Morgan fingerprint density at radius 2 is 2.25 bits per heavy atom. The zero-order chi connectivity index (χ0) is 16.9. The van der Waals surface area contributed by atoms with Gasteiger partial charge in [-0.1, -0.05) is 12.1 Å². The molecular formula is C18H27N3O3. The molecule has 2 fully saturated rings. The van der Waals surface area contributed by atoms with Gasteiger partial charge < -0.3 is 19.7 Å². The van der Waals surface area contributed by atoms with Crippen LogP contribution in [0.3, 0.4) is 0 Å². The molecule has 24 heavy (non-hydrogen) atoms. The number of piperazine rings is 1. The van der Waals surface area contributed by atoms with E-state index < -0.39 is 0 Å². The van der Waals surface area contributed by atoms with Crippen LogP contribution in [0.1, 0.15) is 18.1 Å². The molecule has 2 heterocycles. The molecule has 0 aliphatic carbocycles. The average molecular weight is 333 g/mol. The van der Waals surface area contributed by atoms with Gasteiger partial charge in [0.1, 0.15) is 5.75 Å². The highest BCUT2D eigenvalue weighted by molar-refractivity contribution is 5.74. The second-order valence-electron chi connectivity index (χ2n) is 6.41. The third kappa shape index (κ3) is 3.99. The number of urea groups is 1. The Morgan fingerprint density at radius 1 is 1.38 bits per heavy atom. The molecule has 6 nitrogen and oxygen atoms in total. The van der Waals surface area contributed by atoms with Gasteiger partial charge in [0.2, 0.25) is 0 Å². The number of ether oxygens (including phenoxy) is 2. The van der Waals surface area contributed by atoms with Gasteiger partial charge in [0.05, 0.1) is 25.9 Å². The van der Waals surface area contributed by atoms with Crippen molar-refractivity contribution >= 4 is 6.03 Å². The van der Waals surface area contributed by atoms with Crippen molar-refractivity contribution in [1.29, 1.82) is 0 Å². The maximum absolute atomic E-state index is 12.5. The number of fused-ring (bicyclic) bond motifs is 1. The first-order valence-electron chi connectivity index (χ1n) is 8.74. The fourth-order valence-corrected chi connectivity index (χ4v) is 3.31. The summed E-state index contributed by atoms with van der Waals surface area (Å²) >= 11 is 0. The van der Waals surface area contributed by atoms with E-state index >= 15 is 0 Å². The highest BCUT2D eigenvalue weighted by Gasteiger charge is 2.31. The van der Waals surface area contributed by atoms with Gasteiger partial charge in [-0.25, -0.2) is 4.79 Å². The van der Waals surface area contributed by atoms with Crippen molar-refractivity contribution in [2.75, 3.05) is 46.0 Å². The van der Waals surface area contributed by atoms with E-state index in [0.29, 0.717) is 19.2 Å². The molecule has 0 radical (unpaired) electrons. The summed E-state index contributed by atoms with van der Waals surface area (Å²) in [6.07, 6.45) is 0. The Hall–Kier alpha value is -1.79. The number of amides is 2. The molecule has 1 aromatic rings. The molecule has 0 bridgehead atoms. The van der Waals surface area contributed by atoms with Crippen molar-refractivity contribution in [3.63, 3.8) is 0 Å². The second-order valence-corrected chi connectivity index (χ2v) is 6.41. The standard InChI is InChI=1S/C18H27N3O3/c1-3-24-17-10-14(2)4-5-15(17)11-19-18(22)21-7-6-20-8-9-23-13-16(20)12-21/h4-5,10,16H,3,6-9,11-13H2,1-2H3,(H,19,22). The fraction of sp³-hybridized carbons (Fsp3) is 0.611. The summed E-state index contributed by atoms with van der Waals surface area (Å²) < 4.78 is 11.2. The highest BCUT2D eigenvalue weighted by atomic mass is 16.5. The van der Waals surface area contributed by atoms with Crippen molar-refractivity contribution < 1.29 is 14.3 Å². The molecule has 3 rings (SSSR count). The first-order valence-corrected chi connectivity index (χ1v) is 8.74. The molecule has 1 aromatic carbocycles. The number of nitrogens with zero attached hydrogens (tertiary/aromatic N) is 2. The van der Waals surface area contributed by atoms with Crippen LogP contribution in [0.4, 0.5) is 4.79 Å². The Kier molecular flexibility index (Phi) is 5.58. The lowest BCUT2D eigenvalue weighted by atomic mass is 10.1. The average Bonchev–Trinajstić information content (AvgIpc) is 2.60. The number of morpholine rings is 1. The van der Waals surface area contributed by atoms with Crippen LogP contribution in [0, 0.1) is 6.92 Å². The molecule has 0 spiro atoms. The quantitative estimate of drug-likeness (QED) is 0.910. The number of aryl methyl sites for hydroxylation is 1. The van der Waals surface area contributed by atoms with Gasteiger partial charge in [-0.05, 0) is 25.5 Å². The van der Waals surface area contributed by atoms with E-state index in [4.69, 9.17) is 9.47 Å². The maximum atomic E-state index is 12.5. The van der Waals surface area contributed by atoms with Gasteiger partial charge in [-0.15, -0.1) is 0 Å². The first kappa shape index (κ1) is 17.0. The predicted octanol–water partition coefficient (Wildman–Crippen LogP) is 1.62. The Balaban J connectivity index is 1.56.